The molecule has 0 fully saturated rings. The Kier molecular flexibility index (Phi) is 1.82. The lowest BCUT2D eigenvalue weighted by Crippen LogP contribution is -2.12. The number of para-hydroxylation sites is 4. The van der Waals surface area contributed by atoms with Gasteiger partial charge in [-0.15, -0.1) is 0 Å². The Bertz CT molecular complexity index is 465. The molecular weight excluding hydrogens is 208 g/mol. The molecule has 0 aliphatic carbocycles. The monoisotopic (exact) mass is 216 g/mol. The van der Waals surface area contributed by atoms with Gasteiger partial charge in [-0.1, -0.05) is 24.3 Å². The number of nitrogens with zero attached hydrogens (tertiary/aromatic N) is 1. The van der Waals surface area contributed by atoms with Gasteiger partial charge in [-0.2, -0.15) is 0 Å². The third kappa shape index (κ3) is 1.26. The second-order valence-electron chi connectivity index (χ2n) is 3.44. The standard InChI is InChI=1S/C12H9ClN2/c13-15-11-7-3-1-5-9(11)14-10-6-2-4-8-12(10)15/h1-8,14H. The summed E-state index contributed by atoms with van der Waals surface area (Å²) >= 11 is 6.27. The van der Waals surface area contributed by atoms with Crippen LogP contribution in [-0.2, 0) is 0 Å². The molecule has 2 aromatic rings. The second-order valence-corrected chi connectivity index (χ2v) is 3.78. The molecule has 2 aromatic carbocycles. The van der Waals surface area contributed by atoms with Gasteiger partial charge >= 0.3 is 0 Å². The Balaban J connectivity index is 2.20. The van der Waals surface area contributed by atoms with Crippen molar-refractivity contribution in [3.05, 3.63) is 48.5 Å². The van der Waals surface area contributed by atoms with Crippen molar-refractivity contribution in [2.24, 2.45) is 0 Å². The molecule has 1 N–H and O–H groups in total. The van der Waals surface area contributed by atoms with E-state index in [9.17, 15) is 0 Å². The molecule has 0 saturated carbocycles. The molecule has 3 heteroatoms. The SMILES string of the molecule is ClN1c2ccccc2Nc2ccccc21. The van der Waals surface area contributed by atoms with E-state index in [2.05, 4.69) is 5.32 Å². The zero-order valence-corrected chi connectivity index (χ0v) is 8.70. The molecule has 0 spiro atoms. The van der Waals surface area contributed by atoms with Crippen LogP contribution in [0.3, 0.4) is 0 Å². The molecule has 0 atom stereocenters. The van der Waals surface area contributed by atoms with Gasteiger partial charge in [0.15, 0.2) is 0 Å². The van der Waals surface area contributed by atoms with Crippen molar-refractivity contribution in [1.29, 1.82) is 0 Å². The number of rotatable bonds is 0. The number of hydrogen-bond donors (Lipinski definition) is 1. The Morgan fingerprint density at radius 2 is 1.27 bits per heavy atom. The summed E-state index contributed by atoms with van der Waals surface area (Å²) in [4.78, 5) is 0. The Labute approximate surface area is 93.2 Å². The lowest BCUT2D eigenvalue weighted by molar-refractivity contribution is 1.35. The van der Waals surface area contributed by atoms with Crippen molar-refractivity contribution in [1.82, 2.24) is 0 Å². The minimum absolute atomic E-state index is 0.984. The molecule has 1 aliphatic rings. The smallest absolute Gasteiger partial charge is 0.0817 e. The van der Waals surface area contributed by atoms with E-state index in [0.29, 0.717) is 0 Å². The van der Waals surface area contributed by atoms with Gasteiger partial charge in [0, 0.05) is 11.8 Å². The topological polar surface area (TPSA) is 15.3 Å². The highest BCUT2D eigenvalue weighted by Crippen LogP contribution is 2.44. The molecule has 0 unspecified atom stereocenters. The summed E-state index contributed by atoms with van der Waals surface area (Å²) in [6.45, 7) is 0. The summed E-state index contributed by atoms with van der Waals surface area (Å²) in [5.74, 6) is 0. The molecule has 0 radical (unpaired) electrons. The summed E-state index contributed by atoms with van der Waals surface area (Å²) in [5, 5.41) is 3.34. The summed E-state index contributed by atoms with van der Waals surface area (Å²) in [5.41, 5.74) is 4.04. The molecule has 1 heterocycles. The predicted octanol–water partition coefficient (Wildman–Crippen LogP) is 4.04. The molecule has 15 heavy (non-hydrogen) atoms. The normalized spacial score (nSPS) is 12.7. The lowest BCUT2D eigenvalue weighted by atomic mass is 10.1. The Morgan fingerprint density at radius 1 is 0.800 bits per heavy atom. The lowest BCUT2D eigenvalue weighted by Gasteiger charge is -2.27. The number of benzene rings is 2. The van der Waals surface area contributed by atoms with Crippen LogP contribution >= 0.6 is 11.8 Å². The van der Waals surface area contributed by atoms with E-state index in [4.69, 9.17) is 11.8 Å². The van der Waals surface area contributed by atoms with Crippen LogP contribution in [-0.4, -0.2) is 0 Å². The van der Waals surface area contributed by atoms with Crippen molar-refractivity contribution >= 4 is 34.5 Å². The maximum Gasteiger partial charge on any atom is 0.0817 e. The maximum absolute atomic E-state index is 6.27. The minimum atomic E-state index is 0.984. The van der Waals surface area contributed by atoms with Crippen LogP contribution in [0.15, 0.2) is 48.5 Å². The molecule has 3 rings (SSSR count). The number of anilines is 4. The molecule has 0 saturated heterocycles. The Morgan fingerprint density at radius 3 is 1.80 bits per heavy atom. The van der Waals surface area contributed by atoms with E-state index in [1.54, 1.807) is 4.42 Å². The van der Waals surface area contributed by atoms with Crippen LogP contribution in [0.4, 0.5) is 22.7 Å². The molecular formula is C12H9ClN2. The molecule has 0 amide bonds. The van der Waals surface area contributed by atoms with Crippen LogP contribution in [0.25, 0.3) is 0 Å². The molecule has 0 aromatic heterocycles. The van der Waals surface area contributed by atoms with Gasteiger partial charge in [0.2, 0.25) is 0 Å². The van der Waals surface area contributed by atoms with E-state index in [0.717, 1.165) is 22.7 Å². The van der Waals surface area contributed by atoms with Crippen LogP contribution < -0.4 is 9.74 Å². The van der Waals surface area contributed by atoms with Crippen LogP contribution in [0.1, 0.15) is 0 Å². The number of fused-ring (bicyclic) bond motifs is 2. The quantitative estimate of drug-likeness (QED) is 0.669. The molecule has 0 bridgehead atoms. The van der Waals surface area contributed by atoms with E-state index in [-0.39, 0.29) is 0 Å². The highest BCUT2D eigenvalue weighted by atomic mass is 35.5. The third-order valence-electron chi connectivity index (χ3n) is 2.50. The summed E-state index contributed by atoms with van der Waals surface area (Å²) < 4.78 is 1.68. The van der Waals surface area contributed by atoms with Crippen molar-refractivity contribution < 1.29 is 0 Å². The minimum Gasteiger partial charge on any atom is -0.352 e. The first-order chi connectivity index (χ1) is 7.36. The average molecular weight is 217 g/mol. The molecule has 2 nitrogen and oxygen atoms in total. The predicted molar refractivity (Wildman–Crippen MR) is 64.2 cm³/mol. The highest BCUT2D eigenvalue weighted by Gasteiger charge is 2.19. The summed E-state index contributed by atoms with van der Waals surface area (Å²) in [6.07, 6.45) is 0. The third-order valence-corrected chi connectivity index (χ3v) is 2.86. The number of hydrogen-bond acceptors (Lipinski definition) is 2. The first-order valence-corrected chi connectivity index (χ1v) is 5.11. The summed E-state index contributed by atoms with van der Waals surface area (Å²) in [7, 11) is 0. The van der Waals surface area contributed by atoms with Crippen LogP contribution in [0, 0.1) is 0 Å². The fourth-order valence-corrected chi connectivity index (χ4v) is 2.07. The van der Waals surface area contributed by atoms with E-state index in [1.807, 2.05) is 48.5 Å². The largest absolute Gasteiger partial charge is 0.352 e. The van der Waals surface area contributed by atoms with Crippen molar-refractivity contribution in [2.75, 3.05) is 9.74 Å². The maximum atomic E-state index is 6.27. The number of halogens is 1. The van der Waals surface area contributed by atoms with Gasteiger partial charge in [-0.05, 0) is 24.3 Å². The molecule has 74 valence electrons. The van der Waals surface area contributed by atoms with E-state index < -0.39 is 0 Å². The summed E-state index contributed by atoms with van der Waals surface area (Å²) in [6, 6.07) is 15.9. The second kappa shape index (κ2) is 3.17. The van der Waals surface area contributed by atoms with Crippen molar-refractivity contribution in [2.45, 2.75) is 0 Å². The van der Waals surface area contributed by atoms with Crippen LogP contribution in [0.5, 0.6) is 0 Å². The first kappa shape index (κ1) is 8.62. The van der Waals surface area contributed by atoms with Crippen molar-refractivity contribution in [3.63, 3.8) is 0 Å². The van der Waals surface area contributed by atoms with Crippen molar-refractivity contribution in [3.8, 4) is 0 Å². The number of nitrogens with one attached hydrogen (secondary N) is 1. The Hall–Kier alpha value is -1.67. The average Bonchev–Trinajstić information content (AvgIpc) is 2.30. The highest BCUT2D eigenvalue weighted by molar-refractivity contribution is 6.32. The van der Waals surface area contributed by atoms with Gasteiger partial charge in [-0.25, -0.2) is 4.42 Å². The first-order valence-electron chi connectivity index (χ1n) is 4.77. The van der Waals surface area contributed by atoms with Gasteiger partial charge in [0.25, 0.3) is 0 Å². The van der Waals surface area contributed by atoms with Gasteiger partial charge in [0.05, 0.1) is 22.7 Å². The fourth-order valence-electron chi connectivity index (χ4n) is 1.78. The van der Waals surface area contributed by atoms with Gasteiger partial charge in [-0.3, -0.25) is 0 Å². The fraction of sp³-hybridized carbons (Fsp3) is 0. The van der Waals surface area contributed by atoms with E-state index >= 15 is 0 Å². The van der Waals surface area contributed by atoms with E-state index in [1.165, 1.54) is 0 Å². The van der Waals surface area contributed by atoms with Gasteiger partial charge < -0.3 is 5.32 Å². The zero-order chi connectivity index (χ0) is 10.3. The zero-order valence-electron chi connectivity index (χ0n) is 7.94. The van der Waals surface area contributed by atoms with Gasteiger partial charge in [0.1, 0.15) is 0 Å². The van der Waals surface area contributed by atoms with Crippen LogP contribution in [0.2, 0.25) is 0 Å². The molecule has 1 aliphatic heterocycles.